The molecule has 0 aromatic rings. The molecule has 1 saturated carbocycles. The molecule has 0 spiro atoms. The van der Waals surface area contributed by atoms with Gasteiger partial charge in [0.2, 0.25) is 0 Å². The van der Waals surface area contributed by atoms with E-state index in [4.69, 9.17) is 20.4 Å². The number of hydrogen-bond acceptors (Lipinski definition) is 5. The van der Waals surface area contributed by atoms with Crippen molar-refractivity contribution in [3.63, 3.8) is 0 Å². The van der Waals surface area contributed by atoms with Crippen LogP contribution in [0.2, 0.25) is 0 Å². The molecule has 5 nitrogen and oxygen atoms in total. The van der Waals surface area contributed by atoms with E-state index >= 15 is 0 Å². The average Bonchev–Trinajstić information content (AvgIpc) is 2.08. The summed E-state index contributed by atoms with van der Waals surface area (Å²) in [5.41, 5.74) is 0. The van der Waals surface area contributed by atoms with E-state index in [1.165, 1.54) is 0 Å². The number of hydrogen-bond donors (Lipinski definition) is 5. The van der Waals surface area contributed by atoms with Gasteiger partial charge in [0.05, 0.1) is 12.2 Å². The molecule has 1 fully saturated rings. The van der Waals surface area contributed by atoms with Gasteiger partial charge in [-0.3, -0.25) is 0 Å². The molecule has 72 valence electrons. The maximum atomic E-state index is 9.24. The summed E-state index contributed by atoms with van der Waals surface area (Å²) in [5.74, 6) is -0.557. The zero-order chi connectivity index (χ0) is 9.30. The molecule has 12 heavy (non-hydrogen) atoms. The second kappa shape index (κ2) is 3.68. The van der Waals surface area contributed by atoms with Crippen LogP contribution in [0.25, 0.3) is 0 Å². The number of aliphatic hydroxyl groups excluding tert-OH is 5. The van der Waals surface area contributed by atoms with Crippen molar-refractivity contribution in [3.8, 4) is 0 Å². The van der Waals surface area contributed by atoms with Crippen LogP contribution in [0.15, 0.2) is 0 Å². The molecule has 0 bridgehead atoms. The van der Waals surface area contributed by atoms with Crippen molar-refractivity contribution in [2.75, 3.05) is 6.61 Å². The molecule has 0 aromatic carbocycles. The molecule has 0 aliphatic heterocycles. The second-order valence-electron chi connectivity index (χ2n) is 3.22. The molecular formula is C7H14O5. The largest absolute Gasteiger partial charge is 0.396 e. The smallest absolute Gasteiger partial charge is 0.109 e. The Morgan fingerprint density at radius 2 is 1.50 bits per heavy atom. The highest BCUT2D eigenvalue weighted by Crippen LogP contribution is 2.25. The summed E-state index contributed by atoms with van der Waals surface area (Å²) in [5, 5.41) is 45.3. The van der Waals surface area contributed by atoms with Gasteiger partial charge in [-0.15, -0.1) is 0 Å². The molecule has 0 saturated heterocycles. The maximum Gasteiger partial charge on any atom is 0.109 e. The molecular weight excluding hydrogens is 164 g/mol. The van der Waals surface area contributed by atoms with E-state index in [1.807, 2.05) is 0 Å². The van der Waals surface area contributed by atoms with E-state index < -0.39 is 30.3 Å². The van der Waals surface area contributed by atoms with Gasteiger partial charge < -0.3 is 25.5 Å². The van der Waals surface area contributed by atoms with Crippen LogP contribution in [0.4, 0.5) is 0 Å². The Labute approximate surface area is 69.9 Å². The first-order chi connectivity index (χ1) is 5.57. The average molecular weight is 178 g/mol. The summed E-state index contributed by atoms with van der Waals surface area (Å²) in [6, 6.07) is 0. The summed E-state index contributed by atoms with van der Waals surface area (Å²) < 4.78 is 0. The Morgan fingerprint density at radius 3 is 2.00 bits per heavy atom. The summed E-state index contributed by atoms with van der Waals surface area (Å²) in [4.78, 5) is 0. The fourth-order valence-corrected chi connectivity index (χ4v) is 1.48. The van der Waals surface area contributed by atoms with Gasteiger partial charge in [-0.05, 0) is 6.42 Å². The SMILES string of the molecule is OC[C@H]1C[C@@H](O)[C@H](O)[C@@H](O)[C@H]1O. The Bertz CT molecular complexity index is 146. The minimum Gasteiger partial charge on any atom is -0.396 e. The molecule has 0 aromatic heterocycles. The monoisotopic (exact) mass is 178 g/mol. The summed E-state index contributed by atoms with van der Waals surface area (Å²) in [7, 11) is 0. The van der Waals surface area contributed by atoms with E-state index in [1.54, 1.807) is 0 Å². The Morgan fingerprint density at radius 1 is 0.917 bits per heavy atom. The van der Waals surface area contributed by atoms with E-state index in [2.05, 4.69) is 0 Å². The van der Waals surface area contributed by atoms with Crippen molar-refractivity contribution < 1.29 is 25.5 Å². The van der Waals surface area contributed by atoms with E-state index in [0.717, 1.165) is 0 Å². The maximum absolute atomic E-state index is 9.24. The predicted molar refractivity (Wildman–Crippen MR) is 39.2 cm³/mol. The fraction of sp³-hybridized carbons (Fsp3) is 1.00. The standard InChI is InChI=1S/C7H14O5/c8-2-3-1-4(9)6(11)7(12)5(3)10/h3-12H,1-2H2/t3-,4-,5+,6+,7+/m1/s1. The van der Waals surface area contributed by atoms with Crippen molar-refractivity contribution in [2.24, 2.45) is 5.92 Å². The third-order valence-electron chi connectivity index (χ3n) is 2.36. The van der Waals surface area contributed by atoms with Gasteiger partial charge in [0, 0.05) is 12.5 Å². The first-order valence-corrected chi connectivity index (χ1v) is 3.91. The Kier molecular flexibility index (Phi) is 3.03. The van der Waals surface area contributed by atoms with Crippen LogP contribution < -0.4 is 0 Å². The molecule has 0 radical (unpaired) electrons. The van der Waals surface area contributed by atoms with Crippen LogP contribution in [-0.4, -0.2) is 56.6 Å². The molecule has 0 unspecified atom stereocenters. The van der Waals surface area contributed by atoms with Gasteiger partial charge in [0.1, 0.15) is 12.2 Å². The van der Waals surface area contributed by atoms with Gasteiger partial charge in [0.25, 0.3) is 0 Å². The third kappa shape index (κ3) is 1.60. The lowest BCUT2D eigenvalue weighted by atomic mass is 9.81. The van der Waals surface area contributed by atoms with Crippen LogP contribution in [0.3, 0.4) is 0 Å². The van der Waals surface area contributed by atoms with Crippen molar-refractivity contribution in [1.29, 1.82) is 0 Å². The fourth-order valence-electron chi connectivity index (χ4n) is 1.48. The summed E-state index contributed by atoms with van der Waals surface area (Å²) in [6.45, 7) is -0.304. The zero-order valence-corrected chi connectivity index (χ0v) is 6.54. The van der Waals surface area contributed by atoms with Gasteiger partial charge >= 0.3 is 0 Å². The quantitative estimate of drug-likeness (QED) is 0.304. The zero-order valence-electron chi connectivity index (χ0n) is 6.54. The van der Waals surface area contributed by atoms with Crippen LogP contribution in [-0.2, 0) is 0 Å². The minimum absolute atomic E-state index is 0.107. The van der Waals surface area contributed by atoms with Gasteiger partial charge in [0.15, 0.2) is 0 Å². The van der Waals surface area contributed by atoms with Gasteiger partial charge in [-0.1, -0.05) is 0 Å². The lowest BCUT2D eigenvalue weighted by Crippen LogP contribution is -2.54. The van der Waals surface area contributed by atoms with Crippen molar-refractivity contribution >= 4 is 0 Å². The Hall–Kier alpha value is -0.200. The molecule has 1 aliphatic carbocycles. The highest BCUT2D eigenvalue weighted by Gasteiger charge is 2.41. The van der Waals surface area contributed by atoms with Crippen molar-refractivity contribution in [2.45, 2.75) is 30.8 Å². The first-order valence-electron chi connectivity index (χ1n) is 3.91. The number of aliphatic hydroxyl groups is 5. The molecule has 0 heterocycles. The van der Waals surface area contributed by atoms with Crippen LogP contribution in [0.5, 0.6) is 0 Å². The predicted octanol–water partition coefficient (Wildman–Crippen LogP) is -2.56. The van der Waals surface area contributed by atoms with Gasteiger partial charge in [-0.2, -0.15) is 0 Å². The Balaban J connectivity index is 2.63. The lowest BCUT2D eigenvalue weighted by molar-refractivity contribution is -0.163. The lowest BCUT2D eigenvalue weighted by Gasteiger charge is -2.37. The molecule has 1 aliphatic rings. The summed E-state index contributed by atoms with van der Waals surface area (Å²) in [6.07, 6.45) is -4.81. The van der Waals surface area contributed by atoms with Crippen molar-refractivity contribution in [1.82, 2.24) is 0 Å². The molecule has 5 atom stereocenters. The third-order valence-corrected chi connectivity index (χ3v) is 2.36. The van der Waals surface area contributed by atoms with E-state index in [9.17, 15) is 5.11 Å². The molecule has 0 amide bonds. The van der Waals surface area contributed by atoms with Crippen LogP contribution in [0, 0.1) is 5.92 Å². The van der Waals surface area contributed by atoms with Crippen molar-refractivity contribution in [3.05, 3.63) is 0 Å². The van der Waals surface area contributed by atoms with Crippen LogP contribution >= 0.6 is 0 Å². The molecule has 5 heteroatoms. The van der Waals surface area contributed by atoms with Gasteiger partial charge in [-0.25, -0.2) is 0 Å². The van der Waals surface area contributed by atoms with Crippen LogP contribution in [0.1, 0.15) is 6.42 Å². The normalized spacial score (nSPS) is 49.2. The van der Waals surface area contributed by atoms with E-state index in [0.29, 0.717) is 0 Å². The highest BCUT2D eigenvalue weighted by molar-refractivity contribution is 4.91. The highest BCUT2D eigenvalue weighted by atomic mass is 16.4. The van der Waals surface area contributed by atoms with E-state index in [-0.39, 0.29) is 13.0 Å². The minimum atomic E-state index is -1.37. The molecule has 1 rings (SSSR count). The summed E-state index contributed by atoms with van der Waals surface area (Å²) >= 11 is 0. The second-order valence-corrected chi connectivity index (χ2v) is 3.22. The molecule has 5 N–H and O–H groups in total. The number of rotatable bonds is 1. The topological polar surface area (TPSA) is 101 Å². The first kappa shape index (κ1) is 9.88.